The summed E-state index contributed by atoms with van der Waals surface area (Å²) in [5, 5.41) is 4.85. The molecule has 5 rings (SSSR count). The molecule has 1 aliphatic rings. The normalized spacial score (nSPS) is 14.5. The second-order valence-electron chi connectivity index (χ2n) is 8.77. The van der Waals surface area contributed by atoms with Crippen molar-refractivity contribution < 1.29 is 4.79 Å². The minimum Gasteiger partial charge on any atom is -0.337 e. The number of piperazine rings is 1. The van der Waals surface area contributed by atoms with Crippen molar-refractivity contribution in [3.8, 4) is 11.3 Å². The second-order valence-corrected chi connectivity index (χ2v) is 8.77. The van der Waals surface area contributed by atoms with E-state index in [0.717, 1.165) is 49.5 Å². The van der Waals surface area contributed by atoms with Crippen molar-refractivity contribution in [3.05, 3.63) is 114 Å². The highest BCUT2D eigenvalue weighted by atomic mass is 16.2. The summed E-state index contributed by atoms with van der Waals surface area (Å²) in [6, 6.07) is 24.5. The number of hydrogen-bond acceptors (Lipinski definition) is 4. The Bertz CT molecular complexity index is 1260. The summed E-state index contributed by atoms with van der Waals surface area (Å²) in [6.07, 6.45) is 9.26. The Kier molecular flexibility index (Phi) is 7.10. The van der Waals surface area contributed by atoms with Crippen LogP contribution >= 0.6 is 0 Å². The van der Waals surface area contributed by atoms with E-state index in [1.807, 2.05) is 82.8 Å². The predicted octanol–water partition coefficient (Wildman–Crippen LogP) is 4.35. The minimum absolute atomic E-state index is 0.0448. The van der Waals surface area contributed by atoms with E-state index in [1.165, 1.54) is 11.1 Å². The predicted molar refractivity (Wildman–Crippen MR) is 138 cm³/mol. The highest BCUT2D eigenvalue weighted by Crippen LogP contribution is 2.24. The Morgan fingerprint density at radius 2 is 1.46 bits per heavy atom. The van der Waals surface area contributed by atoms with Gasteiger partial charge in [-0.25, -0.2) is 0 Å². The van der Waals surface area contributed by atoms with Crippen LogP contribution in [0.15, 0.2) is 97.5 Å². The lowest BCUT2D eigenvalue weighted by Crippen LogP contribution is -2.47. The van der Waals surface area contributed by atoms with Crippen molar-refractivity contribution in [2.24, 2.45) is 0 Å². The lowest BCUT2D eigenvalue weighted by atomic mass is 10.1. The number of amides is 1. The number of benzene rings is 2. The Labute approximate surface area is 206 Å². The molecule has 0 radical (unpaired) electrons. The number of carbonyl (C=O) groups is 1. The molecule has 4 aromatic rings. The molecule has 0 unspecified atom stereocenters. The first-order chi connectivity index (χ1) is 17.2. The summed E-state index contributed by atoms with van der Waals surface area (Å²) < 4.78 is 1.94. The largest absolute Gasteiger partial charge is 0.337 e. The van der Waals surface area contributed by atoms with Crippen LogP contribution in [0.5, 0.6) is 0 Å². The smallest absolute Gasteiger partial charge is 0.246 e. The third kappa shape index (κ3) is 5.91. The molecule has 0 N–H and O–H groups in total. The van der Waals surface area contributed by atoms with Gasteiger partial charge in [-0.05, 0) is 29.3 Å². The summed E-state index contributed by atoms with van der Waals surface area (Å²) in [5.41, 5.74) is 5.30. The molecule has 0 saturated carbocycles. The fourth-order valence-electron chi connectivity index (χ4n) is 4.37. The summed E-state index contributed by atoms with van der Waals surface area (Å²) in [4.78, 5) is 21.4. The molecular formula is C29H29N5O. The van der Waals surface area contributed by atoms with Crippen molar-refractivity contribution in [1.82, 2.24) is 24.6 Å². The van der Waals surface area contributed by atoms with E-state index in [2.05, 4.69) is 34.1 Å². The van der Waals surface area contributed by atoms with Gasteiger partial charge in [-0.15, -0.1) is 0 Å². The summed E-state index contributed by atoms with van der Waals surface area (Å²) in [6.45, 7) is 4.77. The maximum absolute atomic E-state index is 13.0. The van der Waals surface area contributed by atoms with Crippen LogP contribution in [0.25, 0.3) is 17.3 Å². The fraction of sp³-hybridized carbons (Fsp3) is 0.207. The topological polar surface area (TPSA) is 54.3 Å². The van der Waals surface area contributed by atoms with E-state index in [9.17, 15) is 4.79 Å². The highest BCUT2D eigenvalue weighted by Gasteiger charge is 2.20. The maximum Gasteiger partial charge on any atom is 0.246 e. The molecule has 6 heteroatoms. The van der Waals surface area contributed by atoms with E-state index >= 15 is 0 Å². The van der Waals surface area contributed by atoms with Gasteiger partial charge in [-0.2, -0.15) is 5.10 Å². The van der Waals surface area contributed by atoms with Crippen LogP contribution in [0.3, 0.4) is 0 Å². The quantitative estimate of drug-likeness (QED) is 0.383. The number of nitrogens with zero attached hydrogens (tertiary/aromatic N) is 5. The zero-order valence-corrected chi connectivity index (χ0v) is 19.7. The lowest BCUT2D eigenvalue weighted by Gasteiger charge is -2.34. The summed E-state index contributed by atoms with van der Waals surface area (Å²) in [7, 11) is 0. The fourth-order valence-corrected chi connectivity index (χ4v) is 4.37. The number of aromatic nitrogens is 3. The van der Waals surface area contributed by atoms with Gasteiger partial charge < -0.3 is 4.90 Å². The lowest BCUT2D eigenvalue weighted by molar-refractivity contribution is -0.127. The van der Waals surface area contributed by atoms with Gasteiger partial charge in [0.15, 0.2) is 0 Å². The van der Waals surface area contributed by atoms with E-state index in [4.69, 9.17) is 5.10 Å². The van der Waals surface area contributed by atoms with Gasteiger partial charge in [0, 0.05) is 68.5 Å². The molecule has 2 aromatic carbocycles. The Hall–Kier alpha value is -4.03. The molecule has 1 amide bonds. The van der Waals surface area contributed by atoms with Gasteiger partial charge >= 0.3 is 0 Å². The summed E-state index contributed by atoms with van der Waals surface area (Å²) in [5.74, 6) is 0.0448. The van der Waals surface area contributed by atoms with Gasteiger partial charge in [-0.3, -0.25) is 19.4 Å². The third-order valence-corrected chi connectivity index (χ3v) is 6.27. The first-order valence-electron chi connectivity index (χ1n) is 12.0. The van der Waals surface area contributed by atoms with E-state index in [0.29, 0.717) is 6.54 Å². The number of rotatable bonds is 7. The molecule has 3 heterocycles. The summed E-state index contributed by atoms with van der Waals surface area (Å²) >= 11 is 0. The number of hydrogen-bond donors (Lipinski definition) is 0. The van der Waals surface area contributed by atoms with Crippen molar-refractivity contribution >= 4 is 12.0 Å². The van der Waals surface area contributed by atoms with Crippen LogP contribution in [-0.2, 0) is 17.9 Å². The van der Waals surface area contributed by atoms with Crippen LogP contribution in [0.1, 0.15) is 16.7 Å². The molecule has 2 aromatic heterocycles. The number of pyridine rings is 1. The number of carbonyl (C=O) groups excluding carboxylic acids is 1. The molecule has 0 aliphatic carbocycles. The van der Waals surface area contributed by atoms with Gasteiger partial charge in [0.1, 0.15) is 0 Å². The van der Waals surface area contributed by atoms with E-state index in [1.54, 1.807) is 6.08 Å². The van der Waals surface area contributed by atoms with Crippen molar-refractivity contribution in [3.63, 3.8) is 0 Å². The molecule has 35 heavy (non-hydrogen) atoms. The molecule has 1 fully saturated rings. The molecule has 1 saturated heterocycles. The second kappa shape index (κ2) is 10.9. The van der Waals surface area contributed by atoms with Crippen LogP contribution in [0.2, 0.25) is 0 Å². The van der Waals surface area contributed by atoms with Gasteiger partial charge in [0.2, 0.25) is 5.91 Å². The van der Waals surface area contributed by atoms with E-state index in [-0.39, 0.29) is 5.91 Å². The first-order valence-corrected chi connectivity index (χ1v) is 12.0. The molecule has 0 atom stereocenters. The molecule has 176 valence electrons. The van der Waals surface area contributed by atoms with E-state index < -0.39 is 0 Å². The van der Waals surface area contributed by atoms with Crippen LogP contribution in [0.4, 0.5) is 0 Å². The van der Waals surface area contributed by atoms with Gasteiger partial charge in [-0.1, -0.05) is 60.7 Å². The van der Waals surface area contributed by atoms with Crippen molar-refractivity contribution in [2.45, 2.75) is 13.1 Å². The SMILES string of the molecule is O=C(/C=C/c1cn(Cc2ccccc2)nc1-c1ccccc1)N1CCN(Cc2ccncc2)CC1. The zero-order chi connectivity index (χ0) is 23.9. The van der Waals surface area contributed by atoms with Crippen LogP contribution in [-0.4, -0.2) is 56.7 Å². The molecule has 1 aliphatic heterocycles. The maximum atomic E-state index is 13.0. The minimum atomic E-state index is 0.0448. The Balaban J connectivity index is 1.26. The standard InChI is InChI=1S/C29H29N5O/c35-28(33-19-17-32(18-20-33)21-25-13-15-30-16-14-25)12-11-27-23-34(22-24-7-3-1-4-8-24)31-29(27)26-9-5-2-6-10-26/h1-16,23H,17-22H2/b12-11+. The average molecular weight is 464 g/mol. The Morgan fingerprint density at radius 1 is 0.800 bits per heavy atom. The average Bonchev–Trinajstić information content (AvgIpc) is 3.32. The molecule has 0 bridgehead atoms. The van der Waals surface area contributed by atoms with Crippen molar-refractivity contribution in [2.75, 3.05) is 26.2 Å². The Morgan fingerprint density at radius 3 is 2.17 bits per heavy atom. The third-order valence-electron chi connectivity index (χ3n) is 6.27. The monoisotopic (exact) mass is 463 g/mol. The van der Waals surface area contributed by atoms with Crippen LogP contribution < -0.4 is 0 Å². The highest BCUT2D eigenvalue weighted by molar-refractivity contribution is 5.93. The van der Waals surface area contributed by atoms with Crippen LogP contribution in [0, 0.1) is 0 Å². The van der Waals surface area contributed by atoms with Gasteiger partial charge in [0.05, 0.1) is 12.2 Å². The molecular weight excluding hydrogens is 434 g/mol. The van der Waals surface area contributed by atoms with Crippen molar-refractivity contribution in [1.29, 1.82) is 0 Å². The van der Waals surface area contributed by atoms with Gasteiger partial charge in [0.25, 0.3) is 0 Å². The molecule has 0 spiro atoms. The molecule has 6 nitrogen and oxygen atoms in total. The zero-order valence-electron chi connectivity index (χ0n) is 19.7. The first kappa shape index (κ1) is 22.7.